The average Bonchev–Trinajstić information content (AvgIpc) is 2.57. The van der Waals surface area contributed by atoms with Crippen molar-refractivity contribution in [2.45, 2.75) is 24.5 Å². The molecular weight excluding hydrogens is 248 g/mol. The van der Waals surface area contributed by atoms with Gasteiger partial charge in [0, 0.05) is 12.3 Å². The van der Waals surface area contributed by atoms with Crippen LogP contribution in [0.15, 0.2) is 17.1 Å². The monoisotopic (exact) mass is 260 g/mol. The van der Waals surface area contributed by atoms with Gasteiger partial charge in [0.05, 0.1) is 6.61 Å². The van der Waals surface area contributed by atoms with Gasteiger partial charge in [0.1, 0.15) is 18.3 Å². The first-order valence-electron chi connectivity index (χ1n) is 4.98. The fourth-order valence-electron chi connectivity index (χ4n) is 1.74. The number of aliphatic hydroxyl groups excluding tert-OH is 3. The molecule has 1 aliphatic heterocycles. The molecule has 0 spiro atoms. The number of nitrogens with zero attached hydrogens (tertiary/aromatic N) is 1. The van der Waals surface area contributed by atoms with E-state index in [1.54, 1.807) is 0 Å². The topological polar surface area (TPSA) is 108 Å². The van der Waals surface area contributed by atoms with Crippen LogP contribution in [0.3, 0.4) is 0 Å². The second-order valence-corrected chi connectivity index (χ2v) is 4.13. The van der Waals surface area contributed by atoms with E-state index in [1.165, 1.54) is 16.8 Å². The van der Waals surface area contributed by atoms with Gasteiger partial charge in [-0.1, -0.05) is 0 Å². The lowest BCUT2D eigenvalue weighted by atomic mass is 10.1. The fourth-order valence-corrected chi connectivity index (χ4v) is 2.00. The second kappa shape index (κ2) is 4.67. The summed E-state index contributed by atoms with van der Waals surface area (Å²) in [4.78, 5) is 13.4. The van der Waals surface area contributed by atoms with Gasteiger partial charge in [0.25, 0.3) is 5.56 Å². The first kappa shape index (κ1) is 12.4. The summed E-state index contributed by atoms with van der Waals surface area (Å²) >= 11 is 4.91. The van der Waals surface area contributed by atoms with E-state index >= 15 is 0 Å². The SMILES string of the molecule is O=c1ccn([C@@H]2O[C@H](CO)[C@@H](O)[C@@H]2O)c(=S)[nH]1. The third kappa shape index (κ3) is 2.17. The third-order valence-corrected chi connectivity index (χ3v) is 2.96. The van der Waals surface area contributed by atoms with Gasteiger partial charge in [-0.25, -0.2) is 0 Å². The minimum Gasteiger partial charge on any atom is -0.394 e. The lowest BCUT2D eigenvalue weighted by molar-refractivity contribution is -0.0541. The number of aromatic nitrogens is 2. The molecule has 0 unspecified atom stereocenters. The predicted molar refractivity (Wildman–Crippen MR) is 58.9 cm³/mol. The standard InChI is InChI=1S/C9H12N2O5S/c12-3-4-6(14)7(15)8(16-4)11-2-1-5(13)10-9(11)17/h1-2,4,6-8,12,14-15H,3H2,(H,10,13,17)/t4-,6-,7+,8-/m1/s1. The molecule has 1 aromatic heterocycles. The summed E-state index contributed by atoms with van der Waals surface area (Å²) in [5.74, 6) is 0. The van der Waals surface area contributed by atoms with Crippen molar-refractivity contribution in [3.63, 3.8) is 0 Å². The summed E-state index contributed by atoms with van der Waals surface area (Å²) in [5, 5.41) is 28.3. The van der Waals surface area contributed by atoms with Gasteiger partial charge >= 0.3 is 0 Å². The second-order valence-electron chi connectivity index (χ2n) is 3.75. The maximum absolute atomic E-state index is 11.0. The number of ether oxygens (including phenoxy) is 1. The first-order chi connectivity index (χ1) is 8.04. The van der Waals surface area contributed by atoms with Crippen molar-refractivity contribution >= 4 is 12.2 Å². The third-order valence-electron chi connectivity index (χ3n) is 2.64. The molecule has 1 aliphatic rings. The Balaban J connectivity index is 2.35. The van der Waals surface area contributed by atoms with Gasteiger partial charge in [-0.3, -0.25) is 14.3 Å². The molecule has 0 saturated carbocycles. The van der Waals surface area contributed by atoms with Gasteiger partial charge in [0.2, 0.25) is 0 Å². The maximum Gasteiger partial charge on any atom is 0.251 e. The van der Waals surface area contributed by atoms with Crippen molar-refractivity contribution in [1.82, 2.24) is 9.55 Å². The molecular formula is C9H12N2O5S. The number of aliphatic hydroxyl groups is 3. The molecule has 94 valence electrons. The molecule has 1 fully saturated rings. The highest BCUT2D eigenvalue weighted by Crippen LogP contribution is 2.28. The van der Waals surface area contributed by atoms with E-state index in [4.69, 9.17) is 22.1 Å². The van der Waals surface area contributed by atoms with Crippen LogP contribution < -0.4 is 5.56 Å². The summed E-state index contributed by atoms with van der Waals surface area (Å²) in [6.45, 7) is -0.411. The smallest absolute Gasteiger partial charge is 0.251 e. The lowest BCUT2D eigenvalue weighted by Crippen LogP contribution is -2.33. The molecule has 0 aliphatic carbocycles. The van der Waals surface area contributed by atoms with E-state index < -0.39 is 31.1 Å². The number of hydrogen-bond donors (Lipinski definition) is 4. The van der Waals surface area contributed by atoms with Crippen LogP contribution in [-0.4, -0.2) is 49.8 Å². The van der Waals surface area contributed by atoms with E-state index in [0.717, 1.165) is 0 Å². The lowest BCUT2D eigenvalue weighted by Gasteiger charge is -2.17. The molecule has 17 heavy (non-hydrogen) atoms. The van der Waals surface area contributed by atoms with E-state index in [-0.39, 0.29) is 10.3 Å². The van der Waals surface area contributed by atoms with Crippen molar-refractivity contribution in [2.75, 3.05) is 6.61 Å². The summed E-state index contributed by atoms with van der Waals surface area (Å²) in [7, 11) is 0. The molecule has 4 N–H and O–H groups in total. The van der Waals surface area contributed by atoms with Crippen molar-refractivity contribution < 1.29 is 20.1 Å². The summed E-state index contributed by atoms with van der Waals surface area (Å²) in [5.41, 5.74) is -0.363. The molecule has 2 rings (SSSR count). The number of H-pyrrole nitrogens is 1. The molecule has 0 radical (unpaired) electrons. The molecule has 2 heterocycles. The Kier molecular flexibility index (Phi) is 3.40. The highest BCUT2D eigenvalue weighted by molar-refractivity contribution is 7.71. The van der Waals surface area contributed by atoms with Gasteiger partial charge in [-0.15, -0.1) is 0 Å². The van der Waals surface area contributed by atoms with Crippen LogP contribution in [0.25, 0.3) is 0 Å². The Morgan fingerprint density at radius 2 is 2.18 bits per heavy atom. The van der Waals surface area contributed by atoms with Crippen LogP contribution in [0.5, 0.6) is 0 Å². The molecule has 1 aromatic rings. The molecule has 0 amide bonds. The van der Waals surface area contributed by atoms with Crippen LogP contribution >= 0.6 is 12.2 Å². The Bertz CT molecular complexity index is 513. The zero-order chi connectivity index (χ0) is 12.6. The van der Waals surface area contributed by atoms with Crippen LogP contribution in [0.1, 0.15) is 6.23 Å². The van der Waals surface area contributed by atoms with Crippen molar-refractivity contribution in [2.24, 2.45) is 0 Å². The molecule has 8 heteroatoms. The number of aromatic amines is 1. The van der Waals surface area contributed by atoms with Gasteiger partial charge in [0.15, 0.2) is 11.0 Å². The molecule has 0 bridgehead atoms. The summed E-state index contributed by atoms with van der Waals surface area (Å²) < 4.78 is 6.66. The predicted octanol–water partition coefficient (Wildman–Crippen LogP) is -1.48. The zero-order valence-corrected chi connectivity index (χ0v) is 9.50. The van der Waals surface area contributed by atoms with E-state index in [9.17, 15) is 15.0 Å². The van der Waals surface area contributed by atoms with Crippen LogP contribution in [-0.2, 0) is 4.74 Å². The number of rotatable bonds is 2. The molecule has 1 saturated heterocycles. The first-order valence-corrected chi connectivity index (χ1v) is 5.39. The average molecular weight is 260 g/mol. The van der Waals surface area contributed by atoms with Crippen molar-refractivity contribution in [1.29, 1.82) is 0 Å². The highest BCUT2D eigenvalue weighted by atomic mass is 32.1. The van der Waals surface area contributed by atoms with Crippen molar-refractivity contribution in [3.8, 4) is 0 Å². The van der Waals surface area contributed by atoms with E-state index in [2.05, 4.69) is 4.98 Å². The van der Waals surface area contributed by atoms with Crippen molar-refractivity contribution in [3.05, 3.63) is 27.4 Å². The fraction of sp³-hybridized carbons (Fsp3) is 0.556. The molecule has 0 aromatic carbocycles. The molecule has 7 nitrogen and oxygen atoms in total. The minimum absolute atomic E-state index is 0.0762. The van der Waals surface area contributed by atoms with Crippen LogP contribution in [0.4, 0.5) is 0 Å². The Hall–Kier alpha value is -1.06. The van der Waals surface area contributed by atoms with Gasteiger partial charge in [-0.2, -0.15) is 0 Å². The Morgan fingerprint density at radius 1 is 1.47 bits per heavy atom. The number of nitrogens with one attached hydrogen (secondary N) is 1. The number of hydrogen-bond acceptors (Lipinski definition) is 6. The van der Waals surface area contributed by atoms with Crippen LogP contribution in [0.2, 0.25) is 0 Å². The van der Waals surface area contributed by atoms with Gasteiger partial charge in [-0.05, 0) is 12.2 Å². The quantitative estimate of drug-likeness (QED) is 0.483. The Labute approximate surface area is 101 Å². The highest BCUT2D eigenvalue weighted by Gasteiger charge is 2.43. The van der Waals surface area contributed by atoms with E-state index in [0.29, 0.717) is 0 Å². The summed E-state index contributed by atoms with van der Waals surface area (Å²) in [6, 6.07) is 1.23. The summed E-state index contributed by atoms with van der Waals surface area (Å²) in [6.07, 6.45) is -2.85. The zero-order valence-electron chi connectivity index (χ0n) is 8.68. The van der Waals surface area contributed by atoms with Gasteiger partial charge < -0.3 is 20.1 Å². The van der Waals surface area contributed by atoms with Crippen LogP contribution in [0, 0.1) is 4.77 Å². The normalized spacial score (nSPS) is 32.9. The Morgan fingerprint density at radius 3 is 2.71 bits per heavy atom. The minimum atomic E-state index is -1.22. The largest absolute Gasteiger partial charge is 0.394 e. The molecule has 4 atom stereocenters. The maximum atomic E-state index is 11.0. The van der Waals surface area contributed by atoms with E-state index in [1.807, 2.05) is 0 Å².